The van der Waals surface area contributed by atoms with Crippen molar-refractivity contribution in [3.63, 3.8) is 0 Å². The molecule has 1 rings (SSSR count). The lowest BCUT2D eigenvalue weighted by atomic mass is 10.2. The molecule has 0 aromatic heterocycles. The minimum absolute atomic E-state index is 0.233. The van der Waals surface area contributed by atoms with E-state index in [2.05, 4.69) is 50.9 Å². The summed E-state index contributed by atoms with van der Waals surface area (Å²) in [6.45, 7) is 8.47. The topological polar surface area (TPSA) is 12.5 Å². The highest BCUT2D eigenvalue weighted by molar-refractivity contribution is 5.33. The molecule has 0 saturated heterocycles. The Balaban J connectivity index is 2.62. The van der Waals surface area contributed by atoms with Gasteiger partial charge in [0.05, 0.1) is 6.10 Å². The summed E-state index contributed by atoms with van der Waals surface area (Å²) in [7, 11) is 2.17. The molecule has 0 amide bonds. The maximum atomic E-state index is 5.82. The molecule has 0 aliphatic rings. The summed E-state index contributed by atoms with van der Waals surface area (Å²) < 4.78 is 5.82. The number of benzene rings is 1. The summed E-state index contributed by atoms with van der Waals surface area (Å²) >= 11 is 0. The molecule has 2 nitrogen and oxygen atoms in total. The molecular formula is C15H25NO. The molecule has 0 radical (unpaired) electrons. The molecule has 0 bridgehead atoms. The van der Waals surface area contributed by atoms with Crippen molar-refractivity contribution in [2.75, 3.05) is 13.6 Å². The SMILES string of the molecule is CCCCN(C)Cc1ccccc1OC(C)C. The molecule has 0 atom stereocenters. The van der Waals surface area contributed by atoms with E-state index < -0.39 is 0 Å². The summed E-state index contributed by atoms with van der Waals surface area (Å²) in [6.07, 6.45) is 2.73. The molecule has 0 heterocycles. The van der Waals surface area contributed by atoms with Gasteiger partial charge in [-0.05, 0) is 39.9 Å². The predicted octanol–water partition coefficient (Wildman–Crippen LogP) is 3.71. The lowest BCUT2D eigenvalue weighted by molar-refractivity contribution is 0.233. The fourth-order valence-corrected chi connectivity index (χ4v) is 1.80. The van der Waals surface area contributed by atoms with Crippen LogP contribution in [0.15, 0.2) is 24.3 Å². The van der Waals surface area contributed by atoms with Gasteiger partial charge in [-0.2, -0.15) is 0 Å². The average molecular weight is 235 g/mol. The Labute approximate surface area is 106 Å². The Morgan fingerprint density at radius 2 is 1.94 bits per heavy atom. The van der Waals surface area contributed by atoms with Gasteiger partial charge in [0.25, 0.3) is 0 Å². The highest BCUT2D eigenvalue weighted by Gasteiger charge is 2.07. The molecule has 96 valence electrons. The molecule has 1 aromatic carbocycles. The summed E-state index contributed by atoms with van der Waals surface area (Å²) in [5, 5.41) is 0. The molecule has 0 aliphatic carbocycles. The van der Waals surface area contributed by atoms with Crippen LogP contribution >= 0.6 is 0 Å². The summed E-state index contributed by atoms with van der Waals surface area (Å²) in [6, 6.07) is 8.33. The summed E-state index contributed by atoms with van der Waals surface area (Å²) in [5.74, 6) is 1.02. The second kappa shape index (κ2) is 7.33. The number of rotatable bonds is 7. The van der Waals surface area contributed by atoms with Crippen molar-refractivity contribution in [3.8, 4) is 5.75 Å². The molecule has 0 N–H and O–H groups in total. The first-order valence-corrected chi connectivity index (χ1v) is 6.56. The zero-order valence-electron chi connectivity index (χ0n) is 11.6. The minimum atomic E-state index is 0.233. The van der Waals surface area contributed by atoms with Crippen molar-refractivity contribution in [1.29, 1.82) is 0 Å². The number of hydrogen-bond acceptors (Lipinski definition) is 2. The van der Waals surface area contributed by atoms with Crippen LogP contribution in [0.25, 0.3) is 0 Å². The van der Waals surface area contributed by atoms with Crippen LogP contribution in [0.4, 0.5) is 0 Å². The number of hydrogen-bond donors (Lipinski definition) is 0. The molecular weight excluding hydrogens is 210 g/mol. The molecule has 0 aliphatic heterocycles. The van der Waals surface area contributed by atoms with Gasteiger partial charge in [0.1, 0.15) is 5.75 Å². The van der Waals surface area contributed by atoms with Gasteiger partial charge in [-0.3, -0.25) is 0 Å². The molecule has 0 unspecified atom stereocenters. The number of nitrogens with zero attached hydrogens (tertiary/aromatic N) is 1. The quantitative estimate of drug-likeness (QED) is 0.714. The van der Waals surface area contributed by atoms with Gasteiger partial charge >= 0.3 is 0 Å². The zero-order chi connectivity index (χ0) is 12.7. The van der Waals surface area contributed by atoms with Crippen LogP contribution in [-0.4, -0.2) is 24.6 Å². The van der Waals surface area contributed by atoms with E-state index in [4.69, 9.17) is 4.74 Å². The van der Waals surface area contributed by atoms with E-state index in [0.717, 1.165) is 18.8 Å². The van der Waals surface area contributed by atoms with Crippen LogP contribution < -0.4 is 4.74 Å². The molecule has 1 aromatic rings. The highest BCUT2D eigenvalue weighted by Crippen LogP contribution is 2.20. The van der Waals surface area contributed by atoms with Gasteiger partial charge in [0, 0.05) is 12.1 Å². The Hall–Kier alpha value is -1.02. The fourth-order valence-electron chi connectivity index (χ4n) is 1.80. The largest absolute Gasteiger partial charge is 0.491 e. The fraction of sp³-hybridized carbons (Fsp3) is 0.600. The third kappa shape index (κ3) is 5.22. The van der Waals surface area contributed by atoms with Crippen LogP contribution in [0, 0.1) is 0 Å². The van der Waals surface area contributed by atoms with Crippen LogP contribution in [0.1, 0.15) is 39.2 Å². The Bertz CT molecular complexity index is 322. The van der Waals surface area contributed by atoms with Gasteiger partial charge in [0.15, 0.2) is 0 Å². The Kier molecular flexibility index (Phi) is 6.06. The van der Waals surface area contributed by atoms with Gasteiger partial charge in [0.2, 0.25) is 0 Å². The van der Waals surface area contributed by atoms with Crippen LogP contribution in [0.3, 0.4) is 0 Å². The van der Waals surface area contributed by atoms with Crippen LogP contribution in [0.5, 0.6) is 5.75 Å². The monoisotopic (exact) mass is 235 g/mol. The van der Waals surface area contributed by atoms with Crippen molar-refractivity contribution >= 4 is 0 Å². The van der Waals surface area contributed by atoms with E-state index in [-0.39, 0.29) is 6.10 Å². The van der Waals surface area contributed by atoms with Crippen molar-refractivity contribution in [2.45, 2.75) is 46.3 Å². The van der Waals surface area contributed by atoms with Gasteiger partial charge in [-0.1, -0.05) is 31.5 Å². The second-order valence-electron chi connectivity index (χ2n) is 4.87. The van der Waals surface area contributed by atoms with E-state index in [0.29, 0.717) is 0 Å². The van der Waals surface area contributed by atoms with E-state index >= 15 is 0 Å². The number of para-hydroxylation sites is 1. The van der Waals surface area contributed by atoms with Crippen LogP contribution in [0.2, 0.25) is 0 Å². The first-order chi connectivity index (χ1) is 8.13. The Morgan fingerprint density at radius 1 is 1.24 bits per heavy atom. The van der Waals surface area contributed by atoms with Gasteiger partial charge in [-0.15, -0.1) is 0 Å². The first-order valence-electron chi connectivity index (χ1n) is 6.56. The molecule has 17 heavy (non-hydrogen) atoms. The van der Waals surface area contributed by atoms with E-state index in [1.54, 1.807) is 0 Å². The lowest BCUT2D eigenvalue weighted by Gasteiger charge is -2.19. The molecule has 0 spiro atoms. The highest BCUT2D eigenvalue weighted by atomic mass is 16.5. The van der Waals surface area contributed by atoms with Gasteiger partial charge in [-0.25, -0.2) is 0 Å². The standard InChI is InChI=1S/C15H25NO/c1-5-6-11-16(4)12-14-9-7-8-10-15(14)17-13(2)3/h7-10,13H,5-6,11-12H2,1-4H3. The average Bonchev–Trinajstić information content (AvgIpc) is 2.28. The van der Waals surface area contributed by atoms with Crippen LogP contribution in [-0.2, 0) is 6.54 Å². The normalized spacial score (nSPS) is 11.2. The zero-order valence-corrected chi connectivity index (χ0v) is 11.6. The maximum Gasteiger partial charge on any atom is 0.124 e. The number of ether oxygens (including phenoxy) is 1. The van der Waals surface area contributed by atoms with Crippen molar-refractivity contribution < 1.29 is 4.74 Å². The van der Waals surface area contributed by atoms with E-state index in [9.17, 15) is 0 Å². The lowest BCUT2D eigenvalue weighted by Crippen LogP contribution is -2.20. The molecule has 0 fully saturated rings. The second-order valence-corrected chi connectivity index (χ2v) is 4.87. The van der Waals surface area contributed by atoms with Crippen molar-refractivity contribution in [1.82, 2.24) is 4.90 Å². The summed E-state index contributed by atoms with van der Waals surface area (Å²) in [4.78, 5) is 2.35. The molecule has 0 saturated carbocycles. The third-order valence-electron chi connectivity index (χ3n) is 2.67. The smallest absolute Gasteiger partial charge is 0.124 e. The third-order valence-corrected chi connectivity index (χ3v) is 2.67. The van der Waals surface area contributed by atoms with E-state index in [1.165, 1.54) is 18.4 Å². The van der Waals surface area contributed by atoms with E-state index in [1.807, 2.05) is 6.07 Å². The van der Waals surface area contributed by atoms with Gasteiger partial charge < -0.3 is 9.64 Å². The van der Waals surface area contributed by atoms with Crippen molar-refractivity contribution in [2.24, 2.45) is 0 Å². The van der Waals surface area contributed by atoms with Crippen molar-refractivity contribution in [3.05, 3.63) is 29.8 Å². The minimum Gasteiger partial charge on any atom is -0.491 e. The number of unbranched alkanes of at least 4 members (excludes halogenated alkanes) is 1. The maximum absolute atomic E-state index is 5.82. The Morgan fingerprint density at radius 3 is 2.59 bits per heavy atom. The first kappa shape index (κ1) is 14.0. The summed E-state index contributed by atoms with van der Waals surface area (Å²) in [5.41, 5.74) is 1.28. The molecule has 2 heteroatoms. The predicted molar refractivity (Wildman–Crippen MR) is 73.4 cm³/mol.